The zero-order valence-corrected chi connectivity index (χ0v) is 14.0. The fourth-order valence-corrected chi connectivity index (χ4v) is 3.43. The summed E-state index contributed by atoms with van der Waals surface area (Å²) in [6.45, 7) is 0. The van der Waals surface area contributed by atoms with Gasteiger partial charge in [-0.3, -0.25) is 4.57 Å². The molecule has 0 saturated carbocycles. The van der Waals surface area contributed by atoms with Crippen LogP contribution in [0.3, 0.4) is 0 Å². The Hall–Kier alpha value is -2.86. The Bertz CT molecular complexity index is 968. The van der Waals surface area contributed by atoms with Gasteiger partial charge in [-0.05, 0) is 35.9 Å². The van der Waals surface area contributed by atoms with Gasteiger partial charge in [0.05, 0.1) is 6.26 Å². The summed E-state index contributed by atoms with van der Waals surface area (Å²) in [5, 5.41) is 9.24. The summed E-state index contributed by atoms with van der Waals surface area (Å²) in [6, 6.07) is 20.2. The van der Waals surface area contributed by atoms with Crippen LogP contribution in [0.15, 0.2) is 82.6 Å². The van der Waals surface area contributed by atoms with Crippen molar-refractivity contribution in [2.45, 2.75) is 10.9 Å². The quantitative estimate of drug-likeness (QED) is 0.477. The largest absolute Gasteiger partial charge is 0.461 e. The summed E-state index contributed by atoms with van der Waals surface area (Å²) < 4.78 is 21.3. The molecule has 0 aliphatic rings. The van der Waals surface area contributed by atoms with E-state index >= 15 is 0 Å². The first kappa shape index (κ1) is 15.7. The van der Waals surface area contributed by atoms with E-state index in [1.165, 1.54) is 17.8 Å². The second-order valence-electron chi connectivity index (χ2n) is 5.33. The molecule has 4 nitrogen and oxygen atoms in total. The predicted octanol–water partition coefficient (Wildman–Crippen LogP) is 4.96. The molecule has 2 heterocycles. The molecule has 4 aromatic rings. The zero-order valence-electron chi connectivity index (χ0n) is 13.2. The Morgan fingerprint density at radius 3 is 2.48 bits per heavy atom. The third-order valence-corrected chi connectivity index (χ3v) is 4.68. The smallest absolute Gasteiger partial charge is 0.205 e. The van der Waals surface area contributed by atoms with E-state index in [0.29, 0.717) is 28.1 Å². The van der Waals surface area contributed by atoms with Crippen LogP contribution in [0.25, 0.3) is 17.3 Å². The Morgan fingerprint density at radius 1 is 0.920 bits per heavy atom. The lowest BCUT2D eigenvalue weighted by molar-refractivity contribution is 0.575. The van der Waals surface area contributed by atoms with Gasteiger partial charge in [0.1, 0.15) is 5.82 Å². The van der Waals surface area contributed by atoms with Gasteiger partial charge in [0.25, 0.3) is 0 Å². The molecule has 0 fully saturated rings. The highest BCUT2D eigenvalue weighted by Crippen LogP contribution is 2.30. The standard InChI is InChI=1S/C19H14FN3OS/c20-16-10-5-4-7-14(16)13-25-19-22-21-18(17-11-6-12-24-17)23(19)15-8-2-1-3-9-15/h1-12H,13H2. The van der Waals surface area contributed by atoms with E-state index in [-0.39, 0.29) is 5.82 Å². The number of halogens is 1. The third-order valence-electron chi connectivity index (χ3n) is 3.70. The molecule has 0 spiro atoms. The Morgan fingerprint density at radius 2 is 1.72 bits per heavy atom. The van der Waals surface area contributed by atoms with E-state index in [9.17, 15) is 4.39 Å². The van der Waals surface area contributed by atoms with Gasteiger partial charge in [-0.1, -0.05) is 48.2 Å². The van der Waals surface area contributed by atoms with Crippen LogP contribution in [0.4, 0.5) is 4.39 Å². The van der Waals surface area contributed by atoms with Crippen molar-refractivity contribution in [1.82, 2.24) is 14.8 Å². The van der Waals surface area contributed by atoms with Crippen molar-refractivity contribution in [2.24, 2.45) is 0 Å². The summed E-state index contributed by atoms with van der Waals surface area (Å²) >= 11 is 1.43. The lowest BCUT2D eigenvalue weighted by Crippen LogP contribution is -1.99. The number of hydrogen-bond acceptors (Lipinski definition) is 4. The van der Waals surface area contributed by atoms with Crippen molar-refractivity contribution in [2.75, 3.05) is 0 Å². The van der Waals surface area contributed by atoms with E-state index in [0.717, 1.165) is 5.69 Å². The number of rotatable bonds is 5. The third kappa shape index (κ3) is 3.21. The Kier molecular flexibility index (Phi) is 4.35. The van der Waals surface area contributed by atoms with E-state index in [4.69, 9.17) is 4.42 Å². The van der Waals surface area contributed by atoms with Gasteiger partial charge >= 0.3 is 0 Å². The first-order valence-corrected chi connectivity index (χ1v) is 8.72. The van der Waals surface area contributed by atoms with Crippen LogP contribution in [0.2, 0.25) is 0 Å². The topological polar surface area (TPSA) is 43.9 Å². The van der Waals surface area contributed by atoms with Gasteiger partial charge in [-0.15, -0.1) is 10.2 Å². The van der Waals surface area contributed by atoms with E-state index in [2.05, 4.69) is 10.2 Å². The van der Waals surface area contributed by atoms with Crippen molar-refractivity contribution >= 4 is 11.8 Å². The zero-order chi connectivity index (χ0) is 17.1. The van der Waals surface area contributed by atoms with Crippen molar-refractivity contribution in [3.8, 4) is 17.3 Å². The molecule has 0 N–H and O–H groups in total. The first-order chi connectivity index (χ1) is 12.3. The average molecular weight is 351 g/mol. The van der Waals surface area contributed by atoms with E-state index in [1.54, 1.807) is 18.4 Å². The lowest BCUT2D eigenvalue weighted by atomic mass is 10.2. The van der Waals surface area contributed by atoms with Gasteiger partial charge in [-0.2, -0.15) is 0 Å². The van der Waals surface area contributed by atoms with Crippen LogP contribution < -0.4 is 0 Å². The summed E-state index contributed by atoms with van der Waals surface area (Å²) in [5.41, 5.74) is 1.56. The normalized spacial score (nSPS) is 10.9. The predicted molar refractivity (Wildman–Crippen MR) is 95.0 cm³/mol. The van der Waals surface area contributed by atoms with Gasteiger partial charge in [0, 0.05) is 11.4 Å². The minimum Gasteiger partial charge on any atom is -0.461 e. The van der Waals surface area contributed by atoms with Crippen molar-refractivity contribution < 1.29 is 8.81 Å². The summed E-state index contributed by atoms with van der Waals surface area (Å²) in [7, 11) is 0. The van der Waals surface area contributed by atoms with Gasteiger partial charge in [-0.25, -0.2) is 4.39 Å². The molecule has 25 heavy (non-hydrogen) atoms. The maximum Gasteiger partial charge on any atom is 0.205 e. The highest BCUT2D eigenvalue weighted by Gasteiger charge is 2.18. The van der Waals surface area contributed by atoms with E-state index in [1.807, 2.05) is 53.1 Å². The molecule has 0 saturated heterocycles. The number of aromatic nitrogens is 3. The summed E-state index contributed by atoms with van der Waals surface area (Å²) in [5.74, 6) is 1.50. The van der Waals surface area contributed by atoms with Crippen LogP contribution in [-0.2, 0) is 5.75 Å². The van der Waals surface area contributed by atoms with Gasteiger partial charge in [0.2, 0.25) is 5.82 Å². The van der Waals surface area contributed by atoms with Gasteiger partial charge in [0.15, 0.2) is 10.9 Å². The highest BCUT2D eigenvalue weighted by atomic mass is 32.2. The molecule has 0 radical (unpaired) electrons. The molecule has 2 aromatic carbocycles. The van der Waals surface area contributed by atoms with Crippen LogP contribution >= 0.6 is 11.8 Å². The Balaban J connectivity index is 1.72. The number of furan rings is 1. The molecule has 0 aliphatic carbocycles. The van der Waals surface area contributed by atoms with Gasteiger partial charge < -0.3 is 4.42 Å². The van der Waals surface area contributed by atoms with Crippen molar-refractivity contribution in [1.29, 1.82) is 0 Å². The number of nitrogens with zero attached hydrogens (tertiary/aromatic N) is 3. The second-order valence-corrected chi connectivity index (χ2v) is 6.28. The summed E-state index contributed by atoms with van der Waals surface area (Å²) in [6.07, 6.45) is 1.60. The number of thioether (sulfide) groups is 1. The molecular formula is C19H14FN3OS. The maximum atomic E-state index is 13.9. The molecule has 0 atom stereocenters. The molecule has 2 aromatic heterocycles. The molecule has 0 aliphatic heterocycles. The molecule has 0 amide bonds. The van der Waals surface area contributed by atoms with Crippen LogP contribution in [0.1, 0.15) is 5.56 Å². The first-order valence-electron chi connectivity index (χ1n) is 7.74. The molecule has 124 valence electrons. The van der Waals surface area contributed by atoms with Crippen LogP contribution in [0.5, 0.6) is 0 Å². The summed E-state index contributed by atoms with van der Waals surface area (Å²) in [4.78, 5) is 0. The molecule has 4 rings (SSSR count). The molecule has 6 heteroatoms. The van der Waals surface area contributed by atoms with E-state index < -0.39 is 0 Å². The fraction of sp³-hybridized carbons (Fsp3) is 0.0526. The molecule has 0 unspecified atom stereocenters. The minimum absolute atomic E-state index is 0.216. The van der Waals surface area contributed by atoms with Crippen molar-refractivity contribution in [3.05, 3.63) is 84.4 Å². The maximum absolute atomic E-state index is 13.9. The monoisotopic (exact) mass is 351 g/mol. The number of para-hydroxylation sites is 1. The van der Waals surface area contributed by atoms with Crippen LogP contribution in [-0.4, -0.2) is 14.8 Å². The van der Waals surface area contributed by atoms with Crippen LogP contribution in [0, 0.1) is 5.82 Å². The average Bonchev–Trinajstić information content (AvgIpc) is 3.31. The SMILES string of the molecule is Fc1ccccc1CSc1nnc(-c2ccco2)n1-c1ccccc1. The lowest BCUT2D eigenvalue weighted by Gasteiger charge is -2.09. The van der Waals surface area contributed by atoms with Crippen molar-refractivity contribution in [3.63, 3.8) is 0 Å². The number of hydrogen-bond donors (Lipinski definition) is 0. The second kappa shape index (κ2) is 6.94. The highest BCUT2D eigenvalue weighted by molar-refractivity contribution is 7.98. The Labute approximate surface area is 148 Å². The number of benzene rings is 2. The molecular weight excluding hydrogens is 337 g/mol. The fourth-order valence-electron chi connectivity index (χ4n) is 2.50. The molecule has 0 bridgehead atoms. The minimum atomic E-state index is -0.216.